The number of hydrogen-bond donors (Lipinski definition) is 1. The Bertz CT molecular complexity index is 373. The smallest absolute Gasteiger partial charge is 0.338 e. The molecule has 94 valence electrons. The van der Waals surface area contributed by atoms with Crippen molar-refractivity contribution in [3.05, 3.63) is 35.4 Å². The molecule has 3 nitrogen and oxygen atoms in total. The Morgan fingerprint density at radius 2 is 1.82 bits per heavy atom. The molecule has 0 aliphatic carbocycles. The highest BCUT2D eigenvalue weighted by Crippen LogP contribution is 2.17. The summed E-state index contributed by atoms with van der Waals surface area (Å²) in [6.45, 7) is 7.56. The third-order valence-corrected chi connectivity index (χ3v) is 2.39. The first kappa shape index (κ1) is 13.7. The molecule has 0 aliphatic heterocycles. The number of carbonyl (C=O) groups excluding carboxylic acids is 1. The average Bonchev–Trinajstić information content (AvgIpc) is 2.26. The number of aliphatic hydroxyl groups is 1. The number of rotatable bonds is 3. The number of aliphatic hydroxyl groups excluding tert-OH is 1. The van der Waals surface area contributed by atoms with Crippen molar-refractivity contribution >= 4 is 5.97 Å². The van der Waals surface area contributed by atoms with Gasteiger partial charge in [0, 0.05) is 12.5 Å². The van der Waals surface area contributed by atoms with Gasteiger partial charge in [-0.2, -0.15) is 0 Å². The van der Waals surface area contributed by atoms with E-state index >= 15 is 0 Å². The maximum absolute atomic E-state index is 11.7. The van der Waals surface area contributed by atoms with Crippen LogP contribution in [-0.2, 0) is 4.74 Å². The first-order valence-corrected chi connectivity index (χ1v) is 5.77. The van der Waals surface area contributed by atoms with E-state index < -0.39 is 5.60 Å². The molecule has 0 saturated carbocycles. The maximum Gasteiger partial charge on any atom is 0.338 e. The molecule has 0 radical (unpaired) electrons. The van der Waals surface area contributed by atoms with E-state index in [1.165, 1.54) is 0 Å². The summed E-state index contributed by atoms with van der Waals surface area (Å²) < 4.78 is 5.26. The summed E-state index contributed by atoms with van der Waals surface area (Å²) in [6, 6.07) is 7.16. The number of ether oxygens (including phenoxy) is 1. The Morgan fingerprint density at radius 1 is 1.29 bits per heavy atom. The summed E-state index contributed by atoms with van der Waals surface area (Å²) in [5.41, 5.74) is 1.07. The van der Waals surface area contributed by atoms with Crippen LogP contribution in [0.3, 0.4) is 0 Å². The van der Waals surface area contributed by atoms with Crippen LogP contribution >= 0.6 is 0 Å². The molecule has 0 bridgehead atoms. The van der Waals surface area contributed by atoms with Crippen LogP contribution in [-0.4, -0.2) is 23.3 Å². The van der Waals surface area contributed by atoms with Gasteiger partial charge in [0.1, 0.15) is 5.60 Å². The van der Waals surface area contributed by atoms with Crippen LogP contribution in [0.5, 0.6) is 0 Å². The summed E-state index contributed by atoms with van der Waals surface area (Å²) in [5, 5.41) is 9.03. The van der Waals surface area contributed by atoms with E-state index in [2.05, 4.69) is 0 Å². The predicted octanol–water partition coefficient (Wildman–Crippen LogP) is 2.74. The highest BCUT2D eigenvalue weighted by atomic mass is 16.6. The summed E-state index contributed by atoms with van der Waals surface area (Å²) in [5.74, 6) is -0.233. The highest BCUT2D eigenvalue weighted by Gasteiger charge is 2.17. The van der Waals surface area contributed by atoms with Crippen LogP contribution in [0.1, 0.15) is 49.5 Å². The van der Waals surface area contributed by atoms with E-state index in [0.717, 1.165) is 5.56 Å². The van der Waals surface area contributed by atoms with E-state index in [-0.39, 0.29) is 18.5 Å². The summed E-state index contributed by atoms with van der Waals surface area (Å²) >= 11 is 0. The van der Waals surface area contributed by atoms with E-state index in [1.807, 2.05) is 39.8 Å². The fraction of sp³-hybridized carbons (Fsp3) is 0.500. The lowest BCUT2D eigenvalue weighted by Gasteiger charge is -2.19. The molecule has 0 fully saturated rings. The zero-order chi connectivity index (χ0) is 13.1. The van der Waals surface area contributed by atoms with Crippen molar-refractivity contribution in [3.63, 3.8) is 0 Å². The zero-order valence-corrected chi connectivity index (χ0v) is 10.9. The van der Waals surface area contributed by atoms with Crippen molar-refractivity contribution in [2.45, 2.75) is 39.2 Å². The molecule has 1 unspecified atom stereocenters. The topological polar surface area (TPSA) is 46.5 Å². The number of hydrogen-bond acceptors (Lipinski definition) is 3. The van der Waals surface area contributed by atoms with Crippen LogP contribution in [0.4, 0.5) is 0 Å². The molecule has 0 heterocycles. The Morgan fingerprint density at radius 3 is 2.24 bits per heavy atom. The number of esters is 1. The van der Waals surface area contributed by atoms with Crippen LogP contribution in [0.25, 0.3) is 0 Å². The third kappa shape index (κ3) is 4.19. The van der Waals surface area contributed by atoms with Gasteiger partial charge in [-0.05, 0) is 38.5 Å². The molecule has 1 aromatic carbocycles. The second-order valence-corrected chi connectivity index (χ2v) is 5.21. The van der Waals surface area contributed by atoms with E-state index in [4.69, 9.17) is 9.84 Å². The van der Waals surface area contributed by atoms with Gasteiger partial charge in [-0.15, -0.1) is 0 Å². The summed E-state index contributed by atoms with van der Waals surface area (Å²) in [6.07, 6.45) is 0. The molecule has 0 saturated heterocycles. The van der Waals surface area contributed by atoms with Crippen molar-refractivity contribution in [3.8, 4) is 0 Å². The van der Waals surface area contributed by atoms with Crippen molar-refractivity contribution in [1.82, 2.24) is 0 Å². The normalized spacial score (nSPS) is 13.2. The Hall–Kier alpha value is -1.35. The van der Waals surface area contributed by atoms with Crippen LogP contribution in [0.15, 0.2) is 24.3 Å². The van der Waals surface area contributed by atoms with Crippen LogP contribution in [0.2, 0.25) is 0 Å². The Labute approximate surface area is 102 Å². The van der Waals surface area contributed by atoms with E-state index in [9.17, 15) is 4.79 Å². The lowest BCUT2D eigenvalue weighted by Crippen LogP contribution is -2.23. The molecule has 1 atom stereocenters. The summed E-state index contributed by atoms with van der Waals surface area (Å²) in [7, 11) is 0. The van der Waals surface area contributed by atoms with E-state index in [0.29, 0.717) is 5.56 Å². The van der Waals surface area contributed by atoms with E-state index in [1.54, 1.807) is 12.1 Å². The minimum absolute atomic E-state index is 0.0858. The monoisotopic (exact) mass is 236 g/mol. The maximum atomic E-state index is 11.7. The van der Waals surface area contributed by atoms with Gasteiger partial charge in [0.25, 0.3) is 0 Å². The van der Waals surface area contributed by atoms with Gasteiger partial charge in [-0.1, -0.05) is 19.1 Å². The van der Waals surface area contributed by atoms with Gasteiger partial charge in [-0.25, -0.2) is 4.79 Å². The van der Waals surface area contributed by atoms with Crippen molar-refractivity contribution < 1.29 is 14.6 Å². The minimum Gasteiger partial charge on any atom is -0.456 e. The Kier molecular flexibility index (Phi) is 4.29. The van der Waals surface area contributed by atoms with Gasteiger partial charge >= 0.3 is 5.97 Å². The lowest BCUT2D eigenvalue weighted by atomic mass is 10.0. The second kappa shape index (κ2) is 5.32. The summed E-state index contributed by atoms with van der Waals surface area (Å²) in [4.78, 5) is 11.7. The second-order valence-electron chi connectivity index (χ2n) is 5.21. The number of benzene rings is 1. The largest absolute Gasteiger partial charge is 0.456 e. The highest BCUT2D eigenvalue weighted by molar-refractivity contribution is 5.89. The molecule has 1 N–H and O–H groups in total. The minimum atomic E-state index is -0.478. The molecule has 17 heavy (non-hydrogen) atoms. The molecule has 1 rings (SSSR count). The lowest BCUT2D eigenvalue weighted by molar-refractivity contribution is 0.00695. The van der Waals surface area contributed by atoms with Crippen molar-refractivity contribution in [2.24, 2.45) is 0 Å². The van der Waals surface area contributed by atoms with Gasteiger partial charge in [0.15, 0.2) is 0 Å². The molecule has 0 spiro atoms. The molecular formula is C14H20O3. The van der Waals surface area contributed by atoms with Gasteiger partial charge in [0.2, 0.25) is 0 Å². The zero-order valence-electron chi connectivity index (χ0n) is 10.9. The van der Waals surface area contributed by atoms with Crippen molar-refractivity contribution in [1.29, 1.82) is 0 Å². The van der Waals surface area contributed by atoms with Gasteiger partial charge in [-0.3, -0.25) is 0 Å². The fourth-order valence-corrected chi connectivity index (χ4v) is 1.39. The first-order valence-electron chi connectivity index (χ1n) is 5.77. The Balaban J connectivity index is 2.77. The predicted molar refractivity (Wildman–Crippen MR) is 67.1 cm³/mol. The molecule has 0 aliphatic rings. The molecule has 0 aromatic heterocycles. The molecule has 0 amide bonds. The molecule has 1 aromatic rings. The average molecular weight is 236 g/mol. The SMILES string of the molecule is CC(CO)c1ccc(C(=O)OC(C)(C)C)cc1. The third-order valence-electron chi connectivity index (χ3n) is 2.39. The fourth-order valence-electron chi connectivity index (χ4n) is 1.39. The standard InChI is InChI=1S/C14H20O3/c1-10(9-15)11-5-7-12(8-6-11)13(16)17-14(2,3)4/h5-8,10,15H,9H2,1-4H3. The van der Waals surface area contributed by atoms with Gasteiger partial charge < -0.3 is 9.84 Å². The first-order chi connectivity index (χ1) is 7.83. The van der Waals surface area contributed by atoms with Gasteiger partial charge in [0.05, 0.1) is 5.56 Å². The van der Waals surface area contributed by atoms with Crippen molar-refractivity contribution in [2.75, 3.05) is 6.61 Å². The van der Waals surface area contributed by atoms with Crippen LogP contribution < -0.4 is 0 Å². The quantitative estimate of drug-likeness (QED) is 0.821. The van der Waals surface area contributed by atoms with Crippen LogP contribution in [0, 0.1) is 0 Å². The molecule has 3 heteroatoms. The molecular weight excluding hydrogens is 216 g/mol. The number of carbonyl (C=O) groups is 1.